The number of nitrogens with zero attached hydrogens (tertiary/aromatic N) is 4. The van der Waals surface area contributed by atoms with Crippen LogP contribution >= 0.6 is 0 Å². The summed E-state index contributed by atoms with van der Waals surface area (Å²) in [5.41, 5.74) is 6.08. The molecule has 0 spiro atoms. The lowest BCUT2D eigenvalue weighted by Crippen LogP contribution is -2.49. The molecular weight excluding hydrogens is 258 g/mol. The molecule has 2 rings (SSSR count). The van der Waals surface area contributed by atoms with Gasteiger partial charge < -0.3 is 15.4 Å². The molecule has 0 aromatic carbocycles. The van der Waals surface area contributed by atoms with Crippen LogP contribution in [0.4, 0.5) is 0 Å². The third kappa shape index (κ3) is 3.55. The number of rotatable bonds is 3. The van der Waals surface area contributed by atoms with Crippen molar-refractivity contribution in [2.75, 3.05) is 13.1 Å². The summed E-state index contributed by atoms with van der Waals surface area (Å²) in [5.74, 6) is 0.0262. The normalized spacial score (nSPS) is 23.9. The minimum Gasteiger partial charge on any atom is -0.372 e. The molecule has 2 atom stereocenters. The van der Waals surface area contributed by atoms with Gasteiger partial charge in [0, 0.05) is 13.1 Å². The first kappa shape index (κ1) is 14.9. The van der Waals surface area contributed by atoms with E-state index in [1.165, 1.54) is 4.68 Å². The molecule has 1 aromatic heterocycles. The Morgan fingerprint density at radius 2 is 2.05 bits per heavy atom. The maximum atomic E-state index is 12.3. The highest BCUT2D eigenvalue weighted by Gasteiger charge is 2.26. The third-order valence-corrected chi connectivity index (χ3v) is 3.27. The molecule has 20 heavy (non-hydrogen) atoms. The summed E-state index contributed by atoms with van der Waals surface area (Å²) in [6.45, 7) is 9.08. The molecule has 0 radical (unpaired) electrons. The number of ether oxygens (including phenoxy) is 1. The van der Waals surface area contributed by atoms with E-state index >= 15 is 0 Å². The number of hydrogen-bond donors (Lipinski definition) is 1. The number of carbonyl (C=O) groups excluding carboxylic acids is 1. The summed E-state index contributed by atoms with van der Waals surface area (Å²) in [4.78, 5) is 14.1. The van der Waals surface area contributed by atoms with Crippen LogP contribution in [0.25, 0.3) is 0 Å². The van der Waals surface area contributed by atoms with Crippen LogP contribution in [0.3, 0.4) is 0 Å². The monoisotopic (exact) mass is 281 g/mol. The Labute approximate surface area is 119 Å². The van der Waals surface area contributed by atoms with Gasteiger partial charge in [0.05, 0.1) is 23.9 Å². The molecule has 7 heteroatoms. The molecule has 1 aliphatic rings. The van der Waals surface area contributed by atoms with Gasteiger partial charge in [0.15, 0.2) is 0 Å². The molecule has 2 heterocycles. The largest absolute Gasteiger partial charge is 0.372 e. The predicted octanol–water partition coefficient (Wildman–Crippen LogP) is 0.108. The zero-order chi connectivity index (χ0) is 14.9. The highest BCUT2D eigenvalue weighted by molar-refractivity contribution is 5.76. The average Bonchev–Trinajstić information content (AvgIpc) is 2.75. The fourth-order valence-corrected chi connectivity index (χ4v) is 2.29. The summed E-state index contributed by atoms with van der Waals surface area (Å²) in [6.07, 6.45) is 1.86. The topological polar surface area (TPSA) is 86.3 Å². The van der Waals surface area contributed by atoms with E-state index in [0.29, 0.717) is 18.8 Å². The van der Waals surface area contributed by atoms with Crippen molar-refractivity contribution in [2.45, 2.75) is 52.0 Å². The molecule has 1 amide bonds. The van der Waals surface area contributed by atoms with Gasteiger partial charge in [0.1, 0.15) is 12.2 Å². The quantitative estimate of drug-likeness (QED) is 0.849. The van der Waals surface area contributed by atoms with Crippen LogP contribution in [0.5, 0.6) is 0 Å². The van der Waals surface area contributed by atoms with E-state index in [1.807, 2.05) is 32.6 Å². The standard InChI is InChI=1S/C13H23N5O2/c1-9-5-17(6-10(2)20-9)12(19)8-18-7-11(15-16-18)13(3,4)14/h7,9-10H,5-6,8,14H2,1-4H3. The molecule has 0 saturated carbocycles. The van der Waals surface area contributed by atoms with Crippen molar-refractivity contribution < 1.29 is 9.53 Å². The predicted molar refractivity (Wildman–Crippen MR) is 73.8 cm³/mol. The second-order valence-electron chi connectivity index (χ2n) is 6.08. The lowest BCUT2D eigenvalue weighted by molar-refractivity contribution is -0.144. The Kier molecular flexibility index (Phi) is 4.10. The van der Waals surface area contributed by atoms with Crippen molar-refractivity contribution >= 4 is 5.91 Å². The summed E-state index contributed by atoms with van der Waals surface area (Å²) in [6, 6.07) is 0. The Hall–Kier alpha value is -1.47. The van der Waals surface area contributed by atoms with Crippen LogP contribution in [0.2, 0.25) is 0 Å². The Bertz CT molecular complexity index is 469. The fraction of sp³-hybridized carbons (Fsp3) is 0.769. The van der Waals surface area contributed by atoms with Gasteiger partial charge in [-0.25, -0.2) is 4.68 Å². The molecule has 112 valence electrons. The summed E-state index contributed by atoms with van der Waals surface area (Å²) in [5, 5.41) is 7.97. The molecule has 1 aliphatic heterocycles. The van der Waals surface area contributed by atoms with Gasteiger partial charge in [-0.05, 0) is 27.7 Å². The molecule has 1 saturated heterocycles. The van der Waals surface area contributed by atoms with Gasteiger partial charge in [-0.15, -0.1) is 5.10 Å². The Morgan fingerprint density at radius 1 is 1.45 bits per heavy atom. The SMILES string of the molecule is CC1CN(C(=O)Cn2cc(C(C)(C)N)nn2)CC(C)O1. The second kappa shape index (κ2) is 5.49. The van der Waals surface area contributed by atoms with Crippen LogP contribution < -0.4 is 5.73 Å². The molecule has 2 N–H and O–H groups in total. The van der Waals surface area contributed by atoms with E-state index in [0.717, 1.165) is 0 Å². The number of morpholine rings is 1. The van der Waals surface area contributed by atoms with Gasteiger partial charge in [0.25, 0.3) is 0 Å². The van der Waals surface area contributed by atoms with Crippen LogP contribution in [-0.2, 0) is 21.6 Å². The van der Waals surface area contributed by atoms with Crippen molar-refractivity contribution in [3.63, 3.8) is 0 Å². The molecule has 0 aliphatic carbocycles. The Balaban J connectivity index is 1.99. The van der Waals surface area contributed by atoms with Crippen molar-refractivity contribution in [3.05, 3.63) is 11.9 Å². The molecular formula is C13H23N5O2. The first-order valence-electron chi connectivity index (χ1n) is 6.88. The van der Waals surface area contributed by atoms with Gasteiger partial charge in [-0.3, -0.25) is 4.79 Å². The van der Waals surface area contributed by atoms with Crippen LogP contribution in [0.1, 0.15) is 33.4 Å². The lowest BCUT2D eigenvalue weighted by atomic mass is 10.0. The van der Waals surface area contributed by atoms with Crippen LogP contribution in [0, 0.1) is 0 Å². The third-order valence-electron chi connectivity index (χ3n) is 3.27. The minimum absolute atomic E-state index is 0.0262. The zero-order valence-electron chi connectivity index (χ0n) is 12.5. The molecule has 0 bridgehead atoms. The lowest BCUT2D eigenvalue weighted by Gasteiger charge is -2.35. The van der Waals surface area contributed by atoms with Gasteiger partial charge in [0.2, 0.25) is 5.91 Å². The van der Waals surface area contributed by atoms with Crippen LogP contribution in [0.15, 0.2) is 6.20 Å². The summed E-state index contributed by atoms with van der Waals surface area (Å²) < 4.78 is 7.16. The molecule has 1 fully saturated rings. The summed E-state index contributed by atoms with van der Waals surface area (Å²) >= 11 is 0. The average molecular weight is 281 g/mol. The summed E-state index contributed by atoms with van der Waals surface area (Å²) in [7, 11) is 0. The van der Waals surface area contributed by atoms with Crippen molar-refractivity contribution in [2.24, 2.45) is 5.73 Å². The molecule has 2 unspecified atom stereocenters. The number of nitrogens with two attached hydrogens (primary N) is 1. The zero-order valence-corrected chi connectivity index (χ0v) is 12.5. The van der Waals surface area contributed by atoms with E-state index in [9.17, 15) is 4.79 Å². The highest BCUT2D eigenvalue weighted by atomic mass is 16.5. The smallest absolute Gasteiger partial charge is 0.244 e. The molecule has 1 aromatic rings. The van der Waals surface area contributed by atoms with E-state index in [4.69, 9.17) is 10.5 Å². The number of amides is 1. The number of aromatic nitrogens is 3. The van der Waals surface area contributed by atoms with E-state index in [1.54, 1.807) is 6.20 Å². The maximum absolute atomic E-state index is 12.3. The Morgan fingerprint density at radius 3 is 2.55 bits per heavy atom. The van der Waals surface area contributed by atoms with Crippen molar-refractivity contribution in [3.8, 4) is 0 Å². The molecule has 7 nitrogen and oxygen atoms in total. The van der Waals surface area contributed by atoms with Crippen molar-refractivity contribution in [1.29, 1.82) is 0 Å². The number of hydrogen-bond acceptors (Lipinski definition) is 5. The van der Waals surface area contributed by atoms with Gasteiger partial charge in [-0.1, -0.05) is 5.21 Å². The first-order chi connectivity index (χ1) is 9.25. The second-order valence-corrected chi connectivity index (χ2v) is 6.08. The van der Waals surface area contributed by atoms with Gasteiger partial charge in [-0.2, -0.15) is 0 Å². The van der Waals surface area contributed by atoms with E-state index in [-0.39, 0.29) is 24.7 Å². The maximum Gasteiger partial charge on any atom is 0.244 e. The minimum atomic E-state index is -0.552. The fourth-order valence-electron chi connectivity index (χ4n) is 2.29. The highest BCUT2D eigenvalue weighted by Crippen LogP contribution is 2.14. The van der Waals surface area contributed by atoms with Gasteiger partial charge >= 0.3 is 0 Å². The first-order valence-corrected chi connectivity index (χ1v) is 6.88. The van der Waals surface area contributed by atoms with E-state index < -0.39 is 5.54 Å². The van der Waals surface area contributed by atoms with E-state index in [2.05, 4.69) is 10.3 Å². The van der Waals surface area contributed by atoms with Crippen LogP contribution in [-0.4, -0.2) is 51.1 Å². The number of carbonyl (C=O) groups is 1. The van der Waals surface area contributed by atoms with Crippen molar-refractivity contribution in [1.82, 2.24) is 19.9 Å².